The lowest BCUT2D eigenvalue weighted by molar-refractivity contribution is 0.117. The fourth-order valence-corrected chi connectivity index (χ4v) is 3.43. The topological polar surface area (TPSA) is 101 Å². The van der Waals surface area contributed by atoms with Crippen LogP contribution in [0.5, 0.6) is 5.75 Å². The van der Waals surface area contributed by atoms with Gasteiger partial charge in [-0.2, -0.15) is 8.42 Å². The Kier molecular flexibility index (Phi) is 9.75. The van der Waals surface area contributed by atoms with Gasteiger partial charge >= 0.3 is 10.4 Å². The molecule has 0 spiro atoms. The van der Waals surface area contributed by atoms with Crippen molar-refractivity contribution in [2.75, 3.05) is 28.2 Å². The van der Waals surface area contributed by atoms with E-state index in [1.807, 2.05) is 18.2 Å². The second-order valence-electron chi connectivity index (χ2n) is 7.46. The minimum atomic E-state index is -4.67. The molecule has 0 fully saturated rings. The van der Waals surface area contributed by atoms with E-state index in [9.17, 15) is 5.11 Å². The Bertz CT molecular complexity index is 839. The van der Waals surface area contributed by atoms with Crippen LogP contribution in [0.15, 0.2) is 48.5 Å². The maximum absolute atomic E-state index is 10.4. The summed E-state index contributed by atoms with van der Waals surface area (Å²) < 4.78 is 31.6. The number of aryl methyl sites for hydroxylation is 1. The Morgan fingerprint density at radius 3 is 1.90 bits per heavy atom. The summed E-state index contributed by atoms with van der Waals surface area (Å²) in [7, 11) is 3.80. The lowest BCUT2D eigenvalue weighted by Crippen LogP contribution is -2.40. The molecule has 0 aliphatic rings. The Balaban J connectivity index is 0.000000749. The highest BCUT2D eigenvalue weighted by Crippen LogP contribution is 2.36. The first-order chi connectivity index (χ1) is 13.4. The number of phenols is 1. The highest BCUT2D eigenvalue weighted by molar-refractivity contribution is 7.79. The quantitative estimate of drug-likeness (QED) is 0.462. The van der Waals surface area contributed by atoms with Crippen molar-refractivity contribution in [3.8, 4) is 5.75 Å². The van der Waals surface area contributed by atoms with Gasteiger partial charge in [0.05, 0.1) is 6.17 Å². The van der Waals surface area contributed by atoms with Crippen molar-refractivity contribution in [1.82, 2.24) is 9.80 Å². The zero-order chi connectivity index (χ0) is 22.2. The lowest BCUT2D eigenvalue weighted by Gasteiger charge is -2.32. The van der Waals surface area contributed by atoms with E-state index in [1.54, 1.807) is 0 Å². The second kappa shape index (κ2) is 11.3. The smallest absolute Gasteiger partial charge is 0.394 e. The molecule has 2 rings (SSSR count). The van der Waals surface area contributed by atoms with Crippen molar-refractivity contribution >= 4 is 10.4 Å². The molecule has 0 saturated carbocycles. The summed E-state index contributed by atoms with van der Waals surface area (Å²) in [5.41, 5.74) is 3.47. The number of aromatic hydroxyl groups is 1. The molecule has 0 aliphatic carbocycles. The molecular weight excluding hydrogens is 392 g/mol. The SMILES string of the molecule is Cc1ccc(O)c(C(CCC(N(C)C)N(C)C)c2ccccc2)c1.O=S(=O)(O)O. The van der Waals surface area contributed by atoms with Crippen molar-refractivity contribution in [2.24, 2.45) is 0 Å². The van der Waals surface area contributed by atoms with Crippen LogP contribution in [0.4, 0.5) is 0 Å². The van der Waals surface area contributed by atoms with Crippen molar-refractivity contribution in [2.45, 2.75) is 31.8 Å². The molecule has 7 nitrogen and oxygen atoms in total. The molecule has 0 heterocycles. The van der Waals surface area contributed by atoms with Gasteiger partial charge in [-0.15, -0.1) is 0 Å². The maximum Gasteiger partial charge on any atom is 0.394 e. The highest BCUT2D eigenvalue weighted by Gasteiger charge is 2.21. The summed E-state index contributed by atoms with van der Waals surface area (Å²) in [5, 5.41) is 10.4. The third-order valence-electron chi connectivity index (χ3n) is 4.67. The van der Waals surface area contributed by atoms with Gasteiger partial charge in [0.2, 0.25) is 0 Å². The van der Waals surface area contributed by atoms with E-state index in [1.165, 1.54) is 11.1 Å². The highest BCUT2D eigenvalue weighted by atomic mass is 32.3. The normalized spacial score (nSPS) is 12.8. The summed E-state index contributed by atoms with van der Waals surface area (Å²) in [6.45, 7) is 2.08. The van der Waals surface area contributed by atoms with Crippen molar-refractivity contribution in [3.63, 3.8) is 0 Å². The van der Waals surface area contributed by atoms with Gasteiger partial charge < -0.3 is 5.11 Å². The fourth-order valence-electron chi connectivity index (χ4n) is 3.43. The first-order valence-corrected chi connectivity index (χ1v) is 10.7. The number of benzene rings is 2. The van der Waals surface area contributed by atoms with E-state index in [0.717, 1.165) is 18.4 Å². The van der Waals surface area contributed by atoms with Gasteiger partial charge in [0.25, 0.3) is 0 Å². The molecule has 0 radical (unpaired) electrons. The van der Waals surface area contributed by atoms with E-state index < -0.39 is 10.4 Å². The first kappa shape index (κ1) is 25.1. The van der Waals surface area contributed by atoms with Gasteiger partial charge in [0.15, 0.2) is 0 Å². The average molecular weight is 425 g/mol. The number of nitrogens with zero attached hydrogens (tertiary/aromatic N) is 2. The van der Waals surface area contributed by atoms with E-state index in [-0.39, 0.29) is 5.92 Å². The summed E-state index contributed by atoms with van der Waals surface area (Å²) in [6.07, 6.45) is 2.40. The molecule has 0 saturated heterocycles. The predicted octanol–water partition coefficient (Wildman–Crippen LogP) is 3.41. The zero-order valence-electron chi connectivity index (χ0n) is 17.6. The molecule has 1 atom stereocenters. The van der Waals surface area contributed by atoms with Crippen molar-refractivity contribution in [1.29, 1.82) is 0 Å². The standard InChI is InChI=1S/C21H30N2O.H2O4S/c1-16-11-13-20(24)19(15-16)18(17-9-7-6-8-10-17)12-14-21(22(2)3)23(4)5;1-5(2,3)4/h6-11,13,15,18,21,24H,12,14H2,1-5H3;(H2,1,2,3,4). The van der Waals surface area contributed by atoms with Crippen LogP contribution >= 0.6 is 0 Å². The minimum absolute atomic E-state index is 0.202. The number of rotatable bonds is 7. The van der Waals surface area contributed by atoms with E-state index in [4.69, 9.17) is 17.5 Å². The molecule has 2 aromatic rings. The van der Waals surface area contributed by atoms with Crippen LogP contribution < -0.4 is 0 Å². The monoisotopic (exact) mass is 424 g/mol. The molecular formula is C21H32N2O5S. The van der Waals surface area contributed by atoms with Gasteiger partial charge in [-0.25, -0.2) is 0 Å². The average Bonchev–Trinajstić information content (AvgIpc) is 2.60. The molecule has 3 N–H and O–H groups in total. The summed E-state index contributed by atoms with van der Waals surface area (Å²) in [4.78, 5) is 4.50. The Morgan fingerprint density at radius 1 is 0.897 bits per heavy atom. The van der Waals surface area contributed by atoms with E-state index in [2.05, 4.69) is 75.2 Å². The van der Waals surface area contributed by atoms with Crippen LogP contribution in [0, 0.1) is 6.92 Å². The molecule has 0 bridgehead atoms. The Labute approximate surface area is 174 Å². The van der Waals surface area contributed by atoms with Crippen LogP contribution in [-0.4, -0.2) is 66.8 Å². The molecule has 1 unspecified atom stereocenters. The largest absolute Gasteiger partial charge is 0.508 e. The Hall–Kier alpha value is -1.97. The van der Waals surface area contributed by atoms with Gasteiger partial charge in [0.1, 0.15) is 5.75 Å². The number of hydrogen-bond acceptors (Lipinski definition) is 5. The third kappa shape index (κ3) is 9.38. The molecule has 0 aromatic heterocycles. The van der Waals surface area contributed by atoms with Gasteiger partial charge in [-0.05, 0) is 59.6 Å². The molecule has 29 heavy (non-hydrogen) atoms. The maximum atomic E-state index is 10.4. The van der Waals surface area contributed by atoms with Crippen molar-refractivity contribution < 1.29 is 22.6 Å². The summed E-state index contributed by atoms with van der Waals surface area (Å²) in [5.74, 6) is 0.592. The van der Waals surface area contributed by atoms with Gasteiger partial charge in [-0.1, -0.05) is 48.0 Å². The van der Waals surface area contributed by atoms with Gasteiger partial charge in [0, 0.05) is 11.5 Å². The fraction of sp³-hybridized carbons (Fsp3) is 0.429. The van der Waals surface area contributed by atoms with Crippen LogP contribution in [0.1, 0.15) is 35.4 Å². The van der Waals surface area contributed by atoms with E-state index in [0.29, 0.717) is 11.9 Å². The van der Waals surface area contributed by atoms with Gasteiger partial charge in [-0.3, -0.25) is 18.9 Å². The first-order valence-electron chi connectivity index (χ1n) is 9.27. The number of hydrogen-bond donors (Lipinski definition) is 3. The van der Waals surface area contributed by atoms with Crippen LogP contribution in [-0.2, 0) is 10.4 Å². The second-order valence-corrected chi connectivity index (χ2v) is 8.35. The predicted molar refractivity (Wildman–Crippen MR) is 116 cm³/mol. The third-order valence-corrected chi connectivity index (χ3v) is 4.67. The van der Waals surface area contributed by atoms with Crippen molar-refractivity contribution in [3.05, 3.63) is 65.2 Å². The molecule has 8 heteroatoms. The lowest BCUT2D eigenvalue weighted by atomic mass is 9.85. The molecule has 162 valence electrons. The number of phenolic OH excluding ortho intramolecular Hbond substituents is 1. The summed E-state index contributed by atoms with van der Waals surface area (Å²) >= 11 is 0. The van der Waals surface area contributed by atoms with Crippen LogP contribution in [0.25, 0.3) is 0 Å². The molecule has 2 aromatic carbocycles. The Morgan fingerprint density at radius 2 is 1.41 bits per heavy atom. The minimum Gasteiger partial charge on any atom is -0.508 e. The molecule has 0 aliphatic heterocycles. The van der Waals surface area contributed by atoms with E-state index >= 15 is 0 Å². The molecule has 0 amide bonds. The van der Waals surface area contributed by atoms with Crippen LogP contribution in [0.3, 0.4) is 0 Å². The summed E-state index contributed by atoms with van der Waals surface area (Å²) in [6, 6.07) is 16.4. The zero-order valence-corrected chi connectivity index (χ0v) is 18.5. The van der Waals surface area contributed by atoms with Crippen LogP contribution in [0.2, 0.25) is 0 Å².